The third-order valence-corrected chi connectivity index (χ3v) is 8.66. The first-order valence-corrected chi connectivity index (χ1v) is 13.9. The number of carbonyl (C=O) groups is 4. The van der Waals surface area contributed by atoms with Crippen molar-refractivity contribution in [2.75, 3.05) is 13.1 Å². The molecule has 198 valence electrons. The lowest BCUT2D eigenvalue weighted by Gasteiger charge is -2.35. The summed E-state index contributed by atoms with van der Waals surface area (Å²) in [6, 6.07) is 16.8. The van der Waals surface area contributed by atoms with Gasteiger partial charge in [0, 0.05) is 13.1 Å². The van der Waals surface area contributed by atoms with Crippen LogP contribution in [0.5, 0.6) is 0 Å². The number of hydrogen-bond acceptors (Lipinski definition) is 6. The maximum atomic E-state index is 13.9. The zero-order valence-electron chi connectivity index (χ0n) is 21.9. The lowest BCUT2D eigenvalue weighted by atomic mass is 9.84. The van der Waals surface area contributed by atoms with Crippen LogP contribution in [0.25, 0.3) is 0 Å². The summed E-state index contributed by atoms with van der Waals surface area (Å²) in [4.78, 5) is 58.5. The van der Waals surface area contributed by atoms with Crippen molar-refractivity contribution in [1.82, 2.24) is 19.8 Å². The van der Waals surface area contributed by atoms with E-state index in [1.54, 1.807) is 0 Å². The van der Waals surface area contributed by atoms with E-state index in [2.05, 4.69) is 0 Å². The van der Waals surface area contributed by atoms with E-state index in [0.29, 0.717) is 13.1 Å². The van der Waals surface area contributed by atoms with Gasteiger partial charge in [-0.3, -0.25) is 29.0 Å². The molecule has 4 saturated heterocycles. The number of nitrogens with zero attached hydrogens (tertiary/aromatic N) is 4. The van der Waals surface area contributed by atoms with Gasteiger partial charge in [-0.2, -0.15) is 0 Å². The van der Waals surface area contributed by atoms with E-state index in [-0.39, 0.29) is 23.6 Å². The van der Waals surface area contributed by atoms with Gasteiger partial charge in [-0.1, -0.05) is 87.4 Å². The highest BCUT2D eigenvalue weighted by molar-refractivity contribution is 6.10. The second kappa shape index (κ2) is 9.75. The van der Waals surface area contributed by atoms with Crippen LogP contribution in [0.1, 0.15) is 62.7 Å². The summed E-state index contributed by atoms with van der Waals surface area (Å²) in [6.45, 7) is 4.86. The van der Waals surface area contributed by atoms with Gasteiger partial charge in [0.2, 0.25) is 23.6 Å². The Morgan fingerprint density at radius 2 is 0.895 bits per heavy atom. The van der Waals surface area contributed by atoms with Crippen molar-refractivity contribution >= 4 is 23.6 Å². The number of carbonyl (C=O) groups excluding carboxylic acids is 4. The molecular formula is C30H34N4O4. The molecule has 4 fully saturated rings. The molecule has 4 aliphatic heterocycles. The van der Waals surface area contributed by atoms with Gasteiger partial charge < -0.3 is 0 Å². The molecule has 38 heavy (non-hydrogen) atoms. The molecule has 8 heteroatoms. The molecule has 0 N–H and O–H groups in total. The van der Waals surface area contributed by atoms with Gasteiger partial charge in [0.05, 0.1) is 23.9 Å². The highest BCUT2D eigenvalue weighted by atomic mass is 16.2. The minimum absolute atomic E-state index is 0.181. The molecule has 0 spiro atoms. The number of likely N-dealkylation sites (tertiary alicyclic amines) is 2. The average molecular weight is 515 g/mol. The van der Waals surface area contributed by atoms with Crippen LogP contribution in [0.15, 0.2) is 60.7 Å². The van der Waals surface area contributed by atoms with Gasteiger partial charge in [-0.25, -0.2) is 10.0 Å². The van der Waals surface area contributed by atoms with Crippen LogP contribution >= 0.6 is 0 Å². The molecule has 0 aliphatic carbocycles. The zero-order chi connectivity index (χ0) is 26.6. The molecule has 8 nitrogen and oxygen atoms in total. The van der Waals surface area contributed by atoms with Crippen molar-refractivity contribution in [2.24, 2.45) is 11.8 Å². The monoisotopic (exact) mass is 514 g/mol. The van der Waals surface area contributed by atoms with Gasteiger partial charge >= 0.3 is 0 Å². The van der Waals surface area contributed by atoms with Gasteiger partial charge in [-0.05, 0) is 24.0 Å². The van der Waals surface area contributed by atoms with Gasteiger partial charge in [0.1, 0.15) is 12.1 Å². The summed E-state index contributed by atoms with van der Waals surface area (Å²) >= 11 is 0. The van der Waals surface area contributed by atoms with Gasteiger partial charge in [0.15, 0.2) is 0 Å². The largest absolute Gasteiger partial charge is 0.281 e. The first kappa shape index (κ1) is 24.9. The smallest absolute Gasteiger partial charge is 0.248 e. The van der Waals surface area contributed by atoms with Crippen LogP contribution in [0.4, 0.5) is 0 Å². The number of rotatable bonds is 8. The highest BCUT2D eigenvalue weighted by Crippen LogP contribution is 2.59. The Kier molecular flexibility index (Phi) is 6.40. The Bertz CT molecular complexity index is 1150. The summed E-state index contributed by atoms with van der Waals surface area (Å²) in [5.41, 5.74) is 1.76. The van der Waals surface area contributed by atoms with Crippen molar-refractivity contribution in [3.63, 3.8) is 0 Å². The fraction of sp³-hybridized carbons (Fsp3) is 0.467. The number of imide groups is 2. The maximum Gasteiger partial charge on any atom is 0.248 e. The van der Waals surface area contributed by atoms with E-state index in [1.165, 1.54) is 9.80 Å². The molecule has 0 bridgehead atoms. The molecule has 0 radical (unpaired) electrons. The zero-order valence-corrected chi connectivity index (χ0v) is 21.9. The Labute approximate surface area is 223 Å². The summed E-state index contributed by atoms with van der Waals surface area (Å²) in [5, 5.41) is 3.90. The first-order chi connectivity index (χ1) is 18.5. The number of benzene rings is 2. The number of hydrogen-bond donors (Lipinski definition) is 0. The third-order valence-electron chi connectivity index (χ3n) is 8.66. The molecule has 2 aromatic rings. The van der Waals surface area contributed by atoms with Crippen LogP contribution in [0, 0.1) is 11.8 Å². The summed E-state index contributed by atoms with van der Waals surface area (Å²) in [6.07, 6.45) is 3.23. The van der Waals surface area contributed by atoms with E-state index in [0.717, 1.165) is 36.8 Å². The molecule has 0 aromatic heterocycles. The quantitative estimate of drug-likeness (QED) is 0.503. The van der Waals surface area contributed by atoms with Crippen LogP contribution in [0.2, 0.25) is 0 Å². The number of fused-ring (bicyclic) bond motifs is 5. The number of unbranched alkanes of at least 4 members (excludes halogenated alkanes) is 2. The Hall–Kier alpha value is -3.36. The van der Waals surface area contributed by atoms with E-state index in [1.807, 2.05) is 84.5 Å². The Morgan fingerprint density at radius 3 is 1.24 bits per heavy atom. The predicted molar refractivity (Wildman–Crippen MR) is 140 cm³/mol. The van der Waals surface area contributed by atoms with E-state index in [9.17, 15) is 19.2 Å². The Balaban J connectivity index is 1.52. The fourth-order valence-corrected chi connectivity index (χ4v) is 6.99. The van der Waals surface area contributed by atoms with Crippen molar-refractivity contribution in [2.45, 2.75) is 63.7 Å². The summed E-state index contributed by atoms with van der Waals surface area (Å²) in [7, 11) is 0. The number of hydrazine groups is 1. The van der Waals surface area contributed by atoms with Gasteiger partial charge in [-0.15, -0.1) is 0 Å². The van der Waals surface area contributed by atoms with Crippen molar-refractivity contribution in [1.29, 1.82) is 0 Å². The van der Waals surface area contributed by atoms with E-state index in [4.69, 9.17) is 0 Å². The summed E-state index contributed by atoms with van der Waals surface area (Å²) < 4.78 is 0. The van der Waals surface area contributed by atoms with Crippen LogP contribution < -0.4 is 0 Å². The van der Waals surface area contributed by atoms with Crippen LogP contribution in [-0.4, -0.2) is 68.6 Å². The molecule has 0 unspecified atom stereocenters. The molecule has 2 aromatic carbocycles. The normalized spacial score (nSPS) is 30.9. The summed E-state index contributed by atoms with van der Waals surface area (Å²) in [5.74, 6) is -2.08. The molecular weight excluding hydrogens is 480 g/mol. The van der Waals surface area contributed by atoms with Gasteiger partial charge in [0.25, 0.3) is 0 Å². The fourth-order valence-electron chi connectivity index (χ4n) is 6.99. The highest BCUT2D eigenvalue weighted by Gasteiger charge is 2.73. The SMILES string of the molecule is CCCCN1C(=O)[C@H]2[C@@H](C1=O)N1[C@@H](c3ccccc3)[C@H]3C(=O)N(CCCC)C(=O)[C@@H]3N1[C@H]2c1ccccc1. The van der Waals surface area contributed by atoms with Crippen molar-refractivity contribution in [3.8, 4) is 0 Å². The Morgan fingerprint density at radius 1 is 0.526 bits per heavy atom. The lowest BCUT2D eigenvalue weighted by molar-refractivity contribution is -0.153. The molecule has 4 aliphatic rings. The van der Waals surface area contributed by atoms with E-state index < -0.39 is 36.0 Å². The van der Waals surface area contributed by atoms with Crippen LogP contribution in [-0.2, 0) is 19.2 Å². The minimum atomic E-state index is -0.745. The molecule has 0 saturated carbocycles. The standard InChI is InChI=1S/C30H34N4O4/c1-3-5-17-31-27(35)21-23(19-13-9-7-10-14-19)34-26-22(28(36)32(30(26)38)18-6-4-2)24(20-15-11-8-12-16-20)33(34)25(21)29(31)37/h7-16,21-26H,3-6,17-18H2,1-2H3/t21-,22-,23+,24+,25-,26+/m1/s1. The van der Waals surface area contributed by atoms with Crippen molar-refractivity contribution < 1.29 is 19.2 Å². The first-order valence-electron chi connectivity index (χ1n) is 13.9. The second-order valence-electron chi connectivity index (χ2n) is 10.8. The topological polar surface area (TPSA) is 81.2 Å². The maximum absolute atomic E-state index is 13.9. The number of amides is 4. The minimum Gasteiger partial charge on any atom is -0.281 e. The predicted octanol–water partition coefficient (Wildman–Crippen LogP) is 3.32. The molecule has 4 amide bonds. The molecule has 6 rings (SSSR count). The van der Waals surface area contributed by atoms with E-state index >= 15 is 0 Å². The van der Waals surface area contributed by atoms with Crippen LogP contribution in [0.3, 0.4) is 0 Å². The average Bonchev–Trinajstić information content (AvgIpc) is 3.59. The molecule has 6 atom stereocenters. The molecule has 4 heterocycles. The van der Waals surface area contributed by atoms with Crippen molar-refractivity contribution in [3.05, 3.63) is 71.8 Å². The third kappa shape index (κ3) is 3.50. The lowest BCUT2D eigenvalue weighted by Crippen LogP contribution is -2.50. The second-order valence-corrected chi connectivity index (χ2v) is 10.8.